The molecule has 0 N–H and O–H groups in total. The Hall–Kier alpha value is -2.44. The van der Waals surface area contributed by atoms with E-state index in [-0.39, 0.29) is 12.0 Å². The standard InChI is InChI=1S/C20H18ClN3O2S/c21-16-11-22-20(23-12-16)26-17-3-1-9-24(13-17)19(25)15-7-5-14(6-8-15)18-4-2-10-27-18/h2,4-8,10-12,17H,1,3,9,13H2. The van der Waals surface area contributed by atoms with Gasteiger partial charge in [-0.1, -0.05) is 29.8 Å². The number of hydrogen-bond donors (Lipinski definition) is 0. The van der Waals surface area contributed by atoms with Crippen LogP contribution in [0.3, 0.4) is 0 Å². The molecule has 3 aromatic rings. The zero-order chi connectivity index (χ0) is 18.6. The summed E-state index contributed by atoms with van der Waals surface area (Å²) in [4.78, 5) is 24.0. The summed E-state index contributed by atoms with van der Waals surface area (Å²) in [6, 6.07) is 12.2. The number of likely N-dealkylation sites (tertiary alicyclic amines) is 1. The van der Waals surface area contributed by atoms with E-state index in [0.29, 0.717) is 23.1 Å². The normalized spacial score (nSPS) is 16.9. The fourth-order valence-corrected chi connectivity index (χ4v) is 3.96. The molecule has 0 bridgehead atoms. The molecule has 7 heteroatoms. The van der Waals surface area contributed by atoms with Crippen LogP contribution in [0.15, 0.2) is 54.2 Å². The minimum atomic E-state index is -0.116. The van der Waals surface area contributed by atoms with Crippen molar-refractivity contribution in [2.45, 2.75) is 18.9 Å². The van der Waals surface area contributed by atoms with E-state index in [0.717, 1.165) is 24.9 Å². The first-order chi connectivity index (χ1) is 13.2. The predicted octanol–water partition coefficient (Wildman–Crippen LogP) is 4.54. The summed E-state index contributed by atoms with van der Waals surface area (Å²) in [7, 11) is 0. The molecule has 0 saturated carbocycles. The number of nitrogens with zero attached hydrogens (tertiary/aromatic N) is 3. The first-order valence-electron chi connectivity index (χ1n) is 8.76. The molecule has 138 valence electrons. The second-order valence-electron chi connectivity index (χ2n) is 6.37. The van der Waals surface area contributed by atoms with E-state index in [4.69, 9.17) is 16.3 Å². The van der Waals surface area contributed by atoms with Crippen LogP contribution >= 0.6 is 22.9 Å². The molecule has 3 heterocycles. The van der Waals surface area contributed by atoms with Crippen molar-refractivity contribution in [2.24, 2.45) is 0 Å². The van der Waals surface area contributed by atoms with Crippen molar-refractivity contribution in [1.29, 1.82) is 0 Å². The van der Waals surface area contributed by atoms with E-state index in [1.165, 1.54) is 17.3 Å². The van der Waals surface area contributed by atoms with E-state index in [1.54, 1.807) is 11.3 Å². The van der Waals surface area contributed by atoms with Gasteiger partial charge >= 0.3 is 6.01 Å². The zero-order valence-electron chi connectivity index (χ0n) is 14.5. The Kier molecular flexibility index (Phi) is 5.36. The molecule has 1 aromatic carbocycles. The van der Waals surface area contributed by atoms with Crippen LogP contribution in [0.2, 0.25) is 5.02 Å². The number of benzene rings is 1. The van der Waals surface area contributed by atoms with Crippen LogP contribution in [0.1, 0.15) is 23.2 Å². The number of amides is 1. The highest BCUT2D eigenvalue weighted by Gasteiger charge is 2.26. The minimum Gasteiger partial charge on any atom is -0.458 e. The van der Waals surface area contributed by atoms with Gasteiger partial charge in [0.2, 0.25) is 0 Å². The predicted molar refractivity (Wildman–Crippen MR) is 106 cm³/mol. The highest BCUT2D eigenvalue weighted by molar-refractivity contribution is 7.13. The van der Waals surface area contributed by atoms with Gasteiger partial charge in [-0.2, -0.15) is 0 Å². The van der Waals surface area contributed by atoms with Gasteiger partial charge in [-0.3, -0.25) is 4.79 Å². The van der Waals surface area contributed by atoms with Crippen molar-refractivity contribution in [2.75, 3.05) is 13.1 Å². The molecule has 27 heavy (non-hydrogen) atoms. The van der Waals surface area contributed by atoms with Crippen LogP contribution in [0.25, 0.3) is 10.4 Å². The number of thiophene rings is 1. The number of piperidine rings is 1. The average molecular weight is 400 g/mol. The Balaban J connectivity index is 1.41. The molecule has 4 rings (SSSR count). The van der Waals surface area contributed by atoms with E-state index in [9.17, 15) is 4.79 Å². The van der Waals surface area contributed by atoms with Crippen molar-refractivity contribution in [3.8, 4) is 16.5 Å². The molecule has 0 radical (unpaired) electrons. The van der Waals surface area contributed by atoms with Gasteiger partial charge in [-0.05, 0) is 42.0 Å². The van der Waals surface area contributed by atoms with Crippen LogP contribution < -0.4 is 4.74 Å². The smallest absolute Gasteiger partial charge is 0.316 e. The molecule has 1 amide bonds. The van der Waals surface area contributed by atoms with E-state index in [1.807, 2.05) is 40.6 Å². The highest BCUT2D eigenvalue weighted by atomic mass is 35.5. The van der Waals surface area contributed by atoms with Crippen LogP contribution in [0.5, 0.6) is 6.01 Å². The molecule has 1 aliphatic heterocycles. The highest BCUT2D eigenvalue weighted by Crippen LogP contribution is 2.25. The lowest BCUT2D eigenvalue weighted by molar-refractivity contribution is 0.0516. The number of carbonyl (C=O) groups excluding carboxylic acids is 1. The molecular weight excluding hydrogens is 382 g/mol. The summed E-state index contributed by atoms with van der Waals surface area (Å²) in [5.41, 5.74) is 1.82. The van der Waals surface area contributed by atoms with Gasteiger partial charge in [0.1, 0.15) is 6.10 Å². The first-order valence-corrected chi connectivity index (χ1v) is 10.0. The summed E-state index contributed by atoms with van der Waals surface area (Å²) in [5.74, 6) is 0.0260. The van der Waals surface area contributed by atoms with Crippen LogP contribution in [-0.2, 0) is 0 Å². The molecule has 2 aromatic heterocycles. The second kappa shape index (κ2) is 8.06. The summed E-state index contributed by atoms with van der Waals surface area (Å²) in [5, 5.41) is 2.51. The van der Waals surface area contributed by atoms with Crippen molar-refractivity contribution in [3.63, 3.8) is 0 Å². The molecular formula is C20H18ClN3O2S. The summed E-state index contributed by atoms with van der Waals surface area (Å²) in [6.07, 6.45) is 4.65. The third kappa shape index (κ3) is 4.28. The van der Waals surface area contributed by atoms with Gasteiger partial charge in [0, 0.05) is 17.0 Å². The number of halogens is 1. The maximum absolute atomic E-state index is 12.9. The Morgan fingerprint density at radius 1 is 1.19 bits per heavy atom. The number of ether oxygens (including phenoxy) is 1. The number of hydrogen-bond acceptors (Lipinski definition) is 5. The van der Waals surface area contributed by atoms with Crippen molar-refractivity contribution >= 4 is 28.8 Å². The molecule has 1 aliphatic rings. The van der Waals surface area contributed by atoms with Gasteiger partial charge < -0.3 is 9.64 Å². The number of aromatic nitrogens is 2. The third-order valence-corrected chi connectivity index (χ3v) is 5.59. The Labute approximate surface area is 166 Å². The Morgan fingerprint density at radius 2 is 1.96 bits per heavy atom. The monoisotopic (exact) mass is 399 g/mol. The molecule has 1 unspecified atom stereocenters. The van der Waals surface area contributed by atoms with E-state index >= 15 is 0 Å². The van der Waals surface area contributed by atoms with Gasteiger partial charge in [0.05, 0.1) is 24.0 Å². The molecule has 1 saturated heterocycles. The van der Waals surface area contributed by atoms with E-state index in [2.05, 4.69) is 16.0 Å². The van der Waals surface area contributed by atoms with Crippen LogP contribution in [-0.4, -0.2) is 40.0 Å². The fourth-order valence-electron chi connectivity index (χ4n) is 3.13. The van der Waals surface area contributed by atoms with Crippen molar-refractivity contribution in [1.82, 2.24) is 14.9 Å². The largest absolute Gasteiger partial charge is 0.458 e. The molecule has 0 aliphatic carbocycles. The lowest BCUT2D eigenvalue weighted by Crippen LogP contribution is -2.44. The topological polar surface area (TPSA) is 55.3 Å². The zero-order valence-corrected chi connectivity index (χ0v) is 16.1. The van der Waals surface area contributed by atoms with Crippen LogP contribution in [0, 0.1) is 0 Å². The molecule has 5 nitrogen and oxygen atoms in total. The minimum absolute atomic E-state index is 0.0260. The summed E-state index contributed by atoms with van der Waals surface area (Å²) < 4.78 is 5.82. The van der Waals surface area contributed by atoms with Gasteiger partial charge in [0.15, 0.2) is 0 Å². The molecule has 1 atom stereocenters. The quantitative estimate of drug-likeness (QED) is 0.646. The SMILES string of the molecule is O=C(c1ccc(-c2cccs2)cc1)N1CCCC(Oc2ncc(Cl)cn2)C1. The lowest BCUT2D eigenvalue weighted by Gasteiger charge is -2.32. The van der Waals surface area contributed by atoms with Crippen molar-refractivity contribution in [3.05, 3.63) is 64.8 Å². The molecule has 0 spiro atoms. The fraction of sp³-hybridized carbons (Fsp3) is 0.250. The maximum atomic E-state index is 12.9. The summed E-state index contributed by atoms with van der Waals surface area (Å²) in [6.45, 7) is 1.25. The second-order valence-corrected chi connectivity index (χ2v) is 7.76. The number of rotatable bonds is 4. The average Bonchev–Trinajstić information content (AvgIpc) is 3.24. The third-order valence-electron chi connectivity index (χ3n) is 4.47. The van der Waals surface area contributed by atoms with Gasteiger partial charge in [-0.25, -0.2) is 9.97 Å². The Bertz CT molecular complexity index is 898. The lowest BCUT2D eigenvalue weighted by atomic mass is 10.1. The van der Waals surface area contributed by atoms with Gasteiger partial charge in [0.25, 0.3) is 5.91 Å². The Morgan fingerprint density at radius 3 is 2.67 bits per heavy atom. The van der Waals surface area contributed by atoms with E-state index < -0.39 is 0 Å². The summed E-state index contributed by atoms with van der Waals surface area (Å²) >= 11 is 7.49. The van der Waals surface area contributed by atoms with Gasteiger partial charge in [-0.15, -0.1) is 11.3 Å². The number of carbonyl (C=O) groups is 1. The van der Waals surface area contributed by atoms with Crippen LogP contribution in [0.4, 0.5) is 0 Å². The van der Waals surface area contributed by atoms with Crippen molar-refractivity contribution < 1.29 is 9.53 Å². The first kappa shape index (κ1) is 17.9. The maximum Gasteiger partial charge on any atom is 0.316 e. The molecule has 1 fully saturated rings.